The van der Waals surface area contributed by atoms with Crippen LogP contribution in [-0.2, 0) is 6.42 Å². The zero-order chi connectivity index (χ0) is 13.7. The number of benzene rings is 1. The summed E-state index contributed by atoms with van der Waals surface area (Å²) in [5.74, 6) is -0.0239. The second kappa shape index (κ2) is 6.00. The molecule has 1 heterocycles. The van der Waals surface area contributed by atoms with Crippen molar-refractivity contribution in [2.24, 2.45) is 0 Å². The van der Waals surface area contributed by atoms with E-state index in [-0.39, 0.29) is 11.7 Å². The average molecular weight is 256 g/mol. The molecule has 0 bridgehead atoms. The van der Waals surface area contributed by atoms with E-state index in [4.69, 9.17) is 0 Å². The van der Waals surface area contributed by atoms with E-state index in [1.807, 2.05) is 12.1 Å². The van der Waals surface area contributed by atoms with E-state index in [2.05, 4.69) is 10.3 Å². The number of carbonyl (C=O) groups is 1. The van der Waals surface area contributed by atoms with Gasteiger partial charge in [-0.15, -0.1) is 0 Å². The third-order valence-electron chi connectivity index (χ3n) is 3.00. The minimum absolute atomic E-state index is 0.141. The highest BCUT2D eigenvalue weighted by atomic mass is 16.3. The summed E-state index contributed by atoms with van der Waals surface area (Å²) in [5, 5.41) is 12.4. The topological polar surface area (TPSA) is 62.2 Å². The van der Waals surface area contributed by atoms with E-state index in [0.29, 0.717) is 17.7 Å². The maximum Gasteiger partial charge on any atom is 0.251 e. The van der Waals surface area contributed by atoms with Gasteiger partial charge in [0.2, 0.25) is 0 Å². The van der Waals surface area contributed by atoms with Gasteiger partial charge >= 0.3 is 0 Å². The van der Waals surface area contributed by atoms with Crippen LogP contribution in [0.3, 0.4) is 0 Å². The predicted molar refractivity (Wildman–Crippen MR) is 73.1 cm³/mol. The quantitative estimate of drug-likeness (QED) is 0.880. The van der Waals surface area contributed by atoms with E-state index in [1.165, 1.54) is 0 Å². The van der Waals surface area contributed by atoms with Gasteiger partial charge in [-0.3, -0.25) is 9.78 Å². The summed E-state index contributed by atoms with van der Waals surface area (Å²) >= 11 is 0. The first kappa shape index (κ1) is 13.1. The number of phenolic OH excluding ortho intramolecular Hbond substituents is 1. The summed E-state index contributed by atoms with van der Waals surface area (Å²) in [6, 6.07) is 8.79. The maximum absolute atomic E-state index is 12.0. The average Bonchev–Trinajstić information content (AvgIpc) is 2.43. The summed E-state index contributed by atoms with van der Waals surface area (Å²) in [4.78, 5) is 15.9. The van der Waals surface area contributed by atoms with Crippen LogP contribution in [0, 0.1) is 6.92 Å². The lowest BCUT2D eigenvalue weighted by Crippen LogP contribution is -2.26. The molecule has 0 aliphatic heterocycles. The van der Waals surface area contributed by atoms with E-state index in [1.54, 1.807) is 37.5 Å². The SMILES string of the molecule is Cc1c(O)cccc1C(=O)NCCc1ccncc1. The monoisotopic (exact) mass is 256 g/mol. The standard InChI is InChI=1S/C15H16N2O2/c1-11-13(3-2-4-14(11)18)15(19)17-10-7-12-5-8-16-9-6-12/h2-6,8-9,18H,7,10H2,1H3,(H,17,19). The van der Waals surface area contributed by atoms with Crippen LogP contribution in [-0.4, -0.2) is 22.5 Å². The molecule has 0 saturated heterocycles. The summed E-state index contributed by atoms with van der Waals surface area (Å²) < 4.78 is 0. The summed E-state index contributed by atoms with van der Waals surface area (Å²) in [5.41, 5.74) is 2.24. The molecule has 98 valence electrons. The Morgan fingerprint density at radius 1 is 1.26 bits per heavy atom. The fraction of sp³-hybridized carbons (Fsp3) is 0.200. The van der Waals surface area contributed by atoms with E-state index in [0.717, 1.165) is 12.0 Å². The van der Waals surface area contributed by atoms with Gasteiger partial charge in [0.25, 0.3) is 5.91 Å². The zero-order valence-electron chi connectivity index (χ0n) is 10.8. The molecule has 0 aliphatic carbocycles. The number of hydrogen-bond acceptors (Lipinski definition) is 3. The molecule has 4 heteroatoms. The van der Waals surface area contributed by atoms with Crippen molar-refractivity contribution >= 4 is 5.91 Å². The van der Waals surface area contributed by atoms with Gasteiger partial charge < -0.3 is 10.4 Å². The maximum atomic E-state index is 12.0. The van der Waals surface area contributed by atoms with Gasteiger partial charge in [-0.1, -0.05) is 6.07 Å². The molecule has 1 amide bonds. The van der Waals surface area contributed by atoms with Gasteiger partial charge in [-0.05, 0) is 43.2 Å². The van der Waals surface area contributed by atoms with Gasteiger partial charge in [0.1, 0.15) is 5.75 Å². The highest BCUT2D eigenvalue weighted by molar-refractivity contribution is 5.96. The number of aromatic hydroxyl groups is 1. The lowest BCUT2D eigenvalue weighted by Gasteiger charge is -2.08. The lowest BCUT2D eigenvalue weighted by atomic mass is 10.1. The number of rotatable bonds is 4. The molecule has 4 nitrogen and oxygen atoms in total. The molecule has 0 fully saturated rings. The highest BCUT2D eigenvalue weighted by Gasteiger charge is 2.10. The van der Waals surface area contributed by atoms with Crippen LogP contribution in [0.1, 0.15) is 21.5 Å². The normalized spacial score (nSPS) is 10.2. The van der Waals surface area contributed by atoms with Crippen molar-refractivity contribution in [3.63, 3.8) is 0 Å². The van der Waals surface area contributed by atoms with Crippen LogP contribution in [0.5, 0.6) is 5.75 Å². The molecule has 1 aromatic heterocycles. The minimum Gasteiger partial charge on any atom is -0.508 e. The Balaban J connectivity index is 1.93. The number of hydrogen-bond donors (Lipinski definition) is 2. The van der Waals surface area contributed by atoms with Crippen molar-refractivity contribution < 1.29 is 9.90 Å². The molecule has 19 heavy (non-hydrogen) atoms. The third-order valence-corrected chi connectivity index (χ3v) is 3.00. The Labute approximate surface area is 112 Å². The summed E-state index contributed by atoms with van der Waals surface area (Å²) in [6.45, 7) is 2.28. The Hall–Kier alpha value is -2.36. The number of nitrogens with zero attached hydrogens (tertiary/aromatic N) is 1. The molecule has 0 saturated carbocycles. The van der Waals surface area contributed by atoms with Crippen molar-refractivity contribution in [3.8, 4) is 5.75 Å². The van der Waals surface area contributed by atoms with Crippen LogP contribution in [0.2, 0.25) is 0 Å². The number of nitrogens with one attached hydrogen (secondary N) is 1. The lowest BCUT2D eigenvalue weighted by molar-refractivity contribution is 0.0953. The van der Waals surface area contributed by atoms with Crippen molar-refractivity contribution in [2.45, 2.75) is 13.3 Å². The molecular weight excluding hydrogens is 240 g/mol. The molecule has 1 aromatic carbocycles. The predicted octanol–water partition coefficient (Wildman–Crippen LogP) is 2.07. The molecule has 2 rings (SSSR count). The first-order valence-corrected chi connectivity index (χ1v) is 6.14. The highest BCUT2D eigenvalue weighted by Crippen LogP contribution is 2.19. The summed E-state index contributed by atoms with van der Waals surface area (Å²) in [7, 11) is 0. The number of phenols is 1. The third kappa shape index (κ3) is 3.31. The number of carbonyl (C=O) groups excluding carboxylic acids is 1. The number of aromatic nitrogens is 1. The fourth-order valence-electron chi connectivity index (χ4n) is 1.83. The second-order valence-corrected chi connectivity index (χ2v) is 4.31. The van der Waals surface area contributed by atoms with Crippen molar-refractivity contribution in [2.75, 3.05) is 6.54 Å². The Morgan fingerprint density at radius 2 is 2.00 bits per heavy atom. The Kier molecular flexibility index (Phi) is 4.13. The minimum atomic E-state index is -0.164. The van der Waals surface area contributed by atoms with Crippen molar-refractivity contribution in [3.05, 3.63) is 59.4 Å². The second-order valence-electron chi connectivity index (χ2n) is 4.31. The fourth-order valence-corrected chi connectivity index (χ4v) is 1.83. The first-order chi connectivity index (χ1) is 9.18. The van der Waals surface area contributed by atoms with E-state index in [9.17, 15) is 9.90 Å². The van der Waals surface area contributed by atoms with Crippen LogP contribution >= 0.6 is 0 Å². The number of amides is 1. The van der Waals surface area contributed by atoms with Gasteiger partial charge in [-0.25, -0.2) is 0 Å². The van der Waals surface area contributed by atoms with Gasteiger partial charge in [0.05, 0.1) is 0 Å². The largest absolute Gasteiger partial charge is 0.508 e. The Morgan fingerprint density at radius 3 is 2.74 bits per heavy atom. The first-order valence-electron chi connectivity index (χ1n) is 6.14. The molecule has 0 atom stereocenters. The van der Waals surface area contributed by atoms with Crippen LogP contribution < -0.4 is 5.32 Å². The molecule has 0 radical (unpaired) electrons. The van der Waals surface area contributed by atoms with Gasteiger partial charge in [0.15, 0.2) is 0 Å². The summed E-state index contributed by atoms with van der Waals surface area (Å²) in [6.07, 6.45) is 4.22. The molecule has 0 aliphatic rings. The van der Waals surface area contributed by atoms with Crippen LogP contribution in [0.4, 0.5) is 0 Å². The molecule has 2 N–H and O–H groups in total. The van der Waals surface area contributed by atoms with Gasteiger partial charge in [0, 0.05) is 30.1 Å². The van der Waals surface area contributed by atoms with Crippen LogP contribution in [0.15, 0.2) is 42.7 Å². The van der Waals surface area contributed by atoms with Gasteiger partial charge in [-0.2, -0.15) is 0 Å². The van der Waals surface area contributed by atoms with E-state index < -0.39 is 0 Å². The van der Waals surface area contributed by atoms with Crippen LogP contribution in [0.25, 0.3) is 0 Å². The van der Waals surface area contributed by atoms with Crippen molar-refractivity contribution in [1.82, 2.24) is 10.3 Å². The molecular formula is C15H16N2O2. The molecule has 2 aromatic rings. The van der Waals surface area contributed by atoms with Crippen molar-refractivity contribution in [1.29, 1.82) is 0 Å². The molecule has 0 unspecified atom stereocenters. The molecule has 0 spiro atoms. The number of pyridine rings is 1. The smallest absolute Gasteiger partial charge is 0.251 e. The Bertz CT molecular complexity index is 568. The van der Waals surface area contributed by atoms with E-state index >= 15 is 0 Å². The zero-order valence-corrected chi connectivity index (χ0v) is 10.8.